The van der Waals surface area contributed by atoms with Gasteiger partial charge in [-0.15, -0.1) is 0 Å². The Labute approximate surface area is 244 Å². The number of rotatable bonds is 6. The van der Waals surface area contributed by atoms with Crippen molar-refractivity contribution in [3.8, 4) is 22.6 Å². The summed E-state index contributed by atoms with van der Waals surface area (Å²) in [4.78, 5) is 27.4. The zero-order chi connectivity index (χ0) is 28.5. The Morgan fingerprint density at radius 2 is 1.55 bits per heavy atom. The lowest BCUT2D eigenvalue weighted by Crippen LogP contribution is -2.49. The molecule has 0 N–H and O–H groups in total. The Kier molecular flexibility index (Phi) is 6.76. The number of carbonyl (C=O) groups excluding carboxylic acids is 1. The summed E-state index contributed by atoms with van der Waals surface area (Å²) in [6.45, 7) is 5.22. The van der Waals surface area contributed by atoms with Gasteiger partial charge in [-0.1, -0.05) is 66.7 Å². The van der Waals surface area contributed by atoms with Gasteiger partial charge in [0.2, 0.25) is 0 Å². The number of anilines is 1. The van der Waals surface area contributed by atoms with E-state index in [2.05, 4.69) is 52.1 Å². The highest BCUT2D eigenvalue weighted by Gasteiger charge is 2.27. The standard InChI is InChI=1S/C35H31N5O2/c1-2-42-28-17-15-27(16-18-28)40-23-31(26-9-4-3-5-10-26)32-33(36-24-37-34(32)40)38-19-21-39(22-20-38)35(41)30-14-8-12-25-11-6-7-13-29(25)30/h3-18,23-24H,2,19-22H2,1H3. The van der Waals surface area contributed by atoms with Crippen LogP contribution in [0.5, 0.6) is 5.75 Å². The highest BCUT2D eigenvalue weighted by atomic mass is 16.5. The van der Waals surface area contributed by atoms with Crippen molar-refractivity contribution >= 4 is 33.5 Å². The molecule has 0 saturated carbocycles. The fraction of sp³-hybridized carbons (Fsp3) is 0.171. The molecule has 1 saturated heterocycles. The van der Waals surface area contributed by atoms with Crippen LogP contribution in [0.3, 0.4) is 0 Å². The van der Waals surface area contributed by atoms with E-state index in [0.29, 0.717) is 32.8 Å². The lowest BCUT2D eigenvalue weighted by Gasteiger charge is -2.36. The van der Waals surface area contributed by atoms with Crippen LogP contribution in [-0.2, 0) is 0 Å². The van der Waals surface area contributed by atoms with Crippen molar-refractivity contribution in [2.75, 3.05) is 37.7 Å². The van der Waals surface area contributed by atoms with Crippen LogP contribution < -0.4 is 9.64 Å². The van der Waals surface area contributed by atoms with E-state index < -0.39 is 0 Å². The van der Waals surface area contributed by atoms with Crippen LogP contribution in [0.25, 0.3) is 38.6 Å². The molecule has 3 heterocycles. The number of benzene rings is 4. The highest BCUT2D eigenvalue weighted by Crippen LogP contribution is 2.37. The highest BCUT2D eigenvalue weighted by molar-refractivity contribution is 6.07. The number of carbonyl (C=O) groups is 1. The number of hydrogen-bond acceptors (Lipinski definition) is 5. The lowest BCUT2D eigenvalue weighted by atomic mass is 10.0. The molecule has 7 nitrogen and oxygen atoms in total. The van der Waals surface area contributed by atoms with E-state index in [1.54, 1.807) is 6.33 Å². The zero-order valence-electron chi connectivity index (χ0n) is 23.5. The van der Waals surface area contributed by atoms with Crippen molar-refractivity contribution in [2.24, 2.45) is 0 Å². The van der Waals surface area contributed by atoms with E-state index in [0.717, 1.165) is 55.8 Å². The van der Waals surface area contributed by atoms with E-state index in [-0.39, 0.29) is 5.91 Å². The van der Waals surface area contributed by atoms with Crippen LogP contribution in [-0.4, -0.2) is 58.1 Å². The zero-order valence-corrected chi connectivity index (χ0v) is 23.5. The molecular weight excluding hydrogens is 522 g/mol. The maximum atomic E-state index is 13.6. The van der Waals surface area contributed by atoms with Crippen LogP contribution in [0.1, 0.15) is 17.3 Å². The molecule has 1 amide bonds. The summed E-state index contributed by atoms with van der Waals surface area (Å²) in [5.74, 6) is 1.80. The van der Waals surface area contributed by atoms with Gasteiger partial charge in [0.05, 0.1) is 12.0 Å². The smallest absolute Gasteiger partial charge is 0.254 e. The molecule has 0 bridgehead atoms. The van der Waals surface area contributed by atoms with Crippen molar-refractivity contribution in [3.63, 3.8) is 0 Å². The normalized spacial score (nSPS) is 13.5. The molecule has 7 heteroatoms. The summed E-state index contributed by atoms with van der Waals surface area (Å²) in [6, 6.07) is 32.5. The minimum Gasteiger partial charge on any atom is -0.494 e. The number of hydrogen-bond donors (Lipinski definition) is 0. The molecular formula is C35H31N5O2. The van der Waals surface area contributed by atoms with Gasteiger partial charge in [-0.25, -0.2) is 9.97 Å². The Hall–Kier alpha value is -5.17. The molecule has 1 fully saturated rings. The maximum absolute atomic E-state index is 13.6. The average molecular weight is 554 g/mol. The van der Waals surface area contributed by atoms with Crippen LogP contribution in [0.15, 0.2) is 110 Å². The Balaban J connectivity index is 1.23. The third kappa shape index (κ3) is 4.63. The summed E-state index contributed by atoms with van der Waals surface area (Å²) >= 11 is 0. The van der Waals surface area contributed by atoms with Gasteiger partial charge in [-0.2, -0.15) is 0 Å². The molecule has 0 atom stereocenters. The minimum absolute atomic E-state index is 0.0749. The van der Waals surface area contributed by atoms with Gasteiger partial charge >= 0.3 is 0 Å². The van der Waals surface area contributed by atoms with Gasteiger partial charge in [0, 0.05) is 49.2 Å². The predicted molar refractivity (Wildman–Crippen MR) is 168 cm³/mol. The number of ether oxygens (including phenoxy) is 1. The first kappa shape index (κ1) is 25.8. The molecule has 1 aliphatic heterocycles. The number of piperazine rings is 1. The second kappa shape index (κ2) is 11.0. The second-order valence-corrected chi connectivity index (χ2v) is 10.4. The third-order valence-corrected chi connectivity index (χ3v) is 7.96. The van der Waals surface area contributed by atoms with E-state index in [1.807, 2.05) is 72.5 Å². The topological polar surface area (TPSA) is 63.5 Å². The van der Waals surface area contributed by atoms with Crippen molar-refractivity contribution < 1.29 is 9.53 Å². The van der Waals surface area contributed by atoms with Gasteiger partial charge in [0.25, 0.3) is 5.91 Å². The van der Waals surface area contributed by atoms with E-state index in [9.17, 15) is 4.79 Å². The first-order chi connectivity index (χ1) is 20.7. The summed E-state index contributed by atoms with van der Waals surface area (Å²) < 4.78 is 7.79. The number of amides is 1. The summed E-state index contributed by atoms with van der Waals surface area (Å²) in [6.07, 6.45) is 3.79. The Morgan fingerprint density at radius 3 is 2.33 bits per heavy atom. The predicted octanol–water partition coefficient (Wildman–Crippen LogP) is 6.60. The first-order valence-electron chi connectivity index (χ1n) is 14.4. The molecule has 0 unspecified atom stereocenters. The van der Waals surface area contributed by atoms with Crippen LogP contribution in [0, 0.1) is 0 Å². The molecule has 1 aliphatic rings. The Bertz CT molecular complexity index is 1870. The van der Waals surface area contributed by atoms with E-state index in [4.69, 9.17) is 14.7 Å². The third-order valence-electron chi connectivity index (χ3n) is 7.96. The minimum atomic E-state index is 0.0749. The van der Waals surface area contributed by atoms with Crippen molar-refractivity contribution in [1.29, 1.82) is 0 Å². The van der Waals surface area contributed by atoms with Gasteiger partial charge in [0.15, 0.2) is 5.65 Å². The van der Waals surface area contributed by atoms with Gasteiger partial charge in [-0.05, 0) is 53.6 Å². The summed E-state index contributed by atoms with van der Waals surface area (Å²) in [5.41, 5.74) is 4.78. The summed E-state index contributed by atoms with van der Waals surface area (Å²) in [5, 5.41) is 3.08. The molecule has 4 aromatic carbocycles. The fourth-order valence-corrected chi connectivity index (χ4v) is 5.89. The molecule has 208 valence electrons. The molecule has 0 spiro atoms. The number of aromatic nitrogens is 3. The monoisotopic (exact) mass is 553 g/mol. The number of fused-ring (bicyclic) bond motifs is 2. The first-order valence-corrected chi connectivity index (χ1v) is 14.4. The van der Waals surface area contributed by atoms with Gasteiger partial charge in [0.1, 0.15) is 17.9 Å². The molecule has 2 aromatic heterocycles. The fourth-order valence-electron chi connectivity index (χ4n) is 5.89. The lowest BCUT2D eigenvalue weighted by molar-refractivity contribution is 0.0748. The van der Waals surface area contributed by atoms with Gasteiger partial charge in [-0.3, -0.25) is 4.79 Å². The second-order valence-electron chi connectivity index (χ2n) is 10.4. The van der Waals surface area contributed by atoms with Crippen LogP contribution in [0.4, 0.5) is 5.82 Å². The van der Waals surface area contributed by atoms with Crippen LogP contribution in [0.2, 0.25) is 0 Å². The molecule has 0 aliphatic carbocycles. The average Bonchev–Trinajstić information content (AvgIpc) is 3.45. The quantitative estimate of drug-likeness (QED) is 0.233. The van der Waals surface area contributed by atoms with E-state index in [1.165, 1.54) is 0 Å². The molecule has 7 rings (SSSR count). The molecule has 0 radical (unpaired) electrons. The SMILES string of the molecule is CCOc1ccc(-n2cc(-c3ccccc3)c3c(N4CCN(C(=O)c5cccc6ccccc56)CC4)ncnc32)cc1. The van der Waals surface area contributed by atoms with Crippen molar-refractivity contribution in [2.45, 2.75) is 6.92 Å². The van der Waals surface area contributed by atoms with Crippen LogP contribution >= 0.6 is 0 Å². The molecule has 6 aromatic rings. The number of nitrogens with zero attached hydrogens (tertiary/aromatic N) is 5. The van der Waals surface area contributed by atoms with E-state index >= 15 is 0 Å². The molecule has 42 heavy (non-hydrogen) atoms. The Morgan fingerprint density at radius 1 is 0.810 bits per heavy atom. The van der Waals surface area contributed by atoms with Gasteiger partial charge < -0.3 is 19.1 Å². The summed E-state index contributed by atoms with van der Waals surface area (Å²) in [7, 11) is 0. The van der Waals surface area contributed by atoms with Crippen molar-refractivity contribution in [1.82, 2.24) is 19.4 Å². The van der Waals surface area contributed by atoms with Crippen molar-refractivity contribution in [3.05, 3.63) is 115 Å². The maximum Gasteiger partial charge on any atom is 0.254 e. The largest absolute Gasteiger partial charge is 0.494 e.